The Morgan fingerprint density at radius 2 is 1.85 bits per heavy atom. The summed E-state index contributed by atoms with van der Waals surface area (Å²) in [5, 5.41) is 4.25. The van der Waals surface area contributed by atoms with Gasteiger partial charge in [0.25, 0.3) is 5.91 Å². The third-order valence-corrected chi connectivity index (χ3v) is 5.82. The second-order valence-electron chi connectivity index (χ2n) is 7.26. The number of piperidine rings is 1. The molecule has 2 bridgehead atoms. The highest BCUT2D eigenvalue weighted by atomic mass is 19.1. The molecule has 2 aliphatic rings. The molecular weight excluding hydrogens is 331 g/mol. The molecule has 2 fully saturated rings. The van der Waals surface area contributed by atoms with E-state index in [1.807, 2.05) is 17.0 Å². The minimum atomic E-state index is -0.204. The predicted octanol–water partition coefficient (Wildman–Crippen LogP) is 3.42. The number of nitrogens with zero attached hydrogens (tertiary/aromatic N) is 4. The first kappa shape index (κ1) is 15.5. The third-order valence-electron chi connectivity index (χ3n) is 5.82. The maximum atomic E-state index is 13.2. The maximum Gasteiger partial charge on any atom is 0.259 e. The van der Waals surface area contributed by atoms with Gasteiger partial charge in [-0.1, -0.05) is 12.1 Å². The molecule has 5 nitrogen and oxygen atoms in total. The van der Waals surface area contributed by atoms with Gasteiger partial charge in [0.05, 0.1) is 6.20 Å². The van der Waals surface area contributed by atoms with Crippen molar-refractivity contribution in [3.05, 3.63) is 65.9 Å². The number of carbonyl (C=O) groups excluding carboxylic acids is 1. The highest BCUT2D eigenvalue weighted by molar-refractivity contribution is 6.00. The number of carbonyl (C=O) groups is 1. The lowest BCUT2D eigenvalue weighted by molar-refractivity contribution is 0.0573. The van der Waals surface area contributed by atoms with Crippen LogP contribution in [0.5, 0.6) is 0 Å². The van der Waals surface area contributed by atoms with E-state index in [-0.39, 0.29) is 23.8 Å². The zero-order chi connectivity index (χ0) is 17.7. The van der Waals surface area contributed by atoms with Crippen molar-refractivity contribution in [2.45, 2.75) is 43.7 Å². The predicted molar refractivity (Wildman–Crippen MR) is 94.3 cm³/mol. The number of hydrogen-bond acceptors (Lipinski definition) is 3. The van der Waals surface area contributed by atoms with Gasteiger partial charge < -0.3 is 4.90 Å². The summed E-state index contributed by atoms with van der Waals surface area (Å²) in [5.41, 5.74) is 2.35. The maximum absolute atomic E-state index is 13.2. The van der Waals surface area contributed by atoms with Crippen molar-refractivity contribution in [1.29, 1.82) is 0 Å². The lowest BCUT2D eigenvalue weighted by Crippen LogP contribution is -2.46. The van der Waals surface area contributed by atoms with E-state index in [4.69, 9.17) is 0 Å². The zero-order valence-electron chi connectivity index (χ0n) is 14.3. The van der Waals surface area contributed by atoms with E-state index in [2.05, 4.69) is 10.1 Å². The lowest BCUT2D eigenvalue weighted by atomic mass is 9.85. The number of aromatic nitrogens is 3. The molecule has 2 aliphatic heterocycles. The van der Waals surface area contributed by atoms with Gasteiger partial charge in [-0.05, 0) is 55.4 Å². The van der Waals surface area contributed by atoms with Crippen molar-refractivity contribution in [2.24, 2.45) is 0 Å². The lowest BCUT2D eigenvalue weighted by Gasteiger charge is -2.39. The summed E-state index contributed by atoms with van der Waals surface area (Å²) in [4.78, 5) is 19.6. The van der Waals surface area contributed by atoms with Crippen molar-refractivity contribution >= 4 is 11.6 Å². The molecule has 0 N–H and O–H groups in total. The molecule has 3 aromatic rings. The van der Waals surface area contributed by atoms with Gasteiger partial charge in [0.2, 0.25) is 0 Å². The van der Waals surface area contributed by atoms with Crippen LogP contribution in [-0.2, 0) is 0 Å². The molecule has 132 valence electrons. The quantitative estimate of drug-likeness (QED) is 0.712. The summed E-state index contributed by atoms with van der Waals surface area (Å²) in [6, 6.07) is 9.08. The largest absolute Gasteiger partial charge is 0.332 e. The van der Waals surface area contributed by atoms with Gasteiger partial charge in [0, 0.05) is 24.5 Å². The average molecular weight is 350 g/mol. The molecule has 1 unspecified atom stereocenters. The van der Waals surface area contributed by atoms with E-state index in [1.165, 1.54) is 17.7 Å². The Hall–Kier alpha value is -2.76. The van der Waals surface area contributed by atoms with Crippen LogP contribution in [0.25, 0.3) is 5.65 Å². The number of benzene rings is 1. The van der Waals surface area contributed by atoms with Crippen LogP contribution in [0.15, 0.2) is 48.9 Å². The van der Waals surface area contributed by atoms with Crippen molar-refractivity contribution in [3.8, 4) is 0 Å². The first-order valence-electron chi connectivity index (χ1n) is 9.07. The van der Waals surface area contributed by atoms with Crippen molar-refractivity contribution in [2.75, 3.05) is 0 Å². The van der Waals surface area contributed by atoms with Crippen LogP contribution in [0.2, 0.25) is 0 Å². The van der Waals surface area contributed by atoms with Gasteiger partial charge in [-0.3, -0.25) is 4.79 Å². The van der Waals surface area contributed by atoms with Gasteiger partial charge in [0.1, 0.15) is 11.4 Å². The first-order chi connectivity index (χ1) is 12.7. The van der Waals surface area contributed by atoms with Crippen molar-refractivity contribution in [1.82, 2.24) is 19.5 Å². The second kappa shape index (κ2) is 5.90. The summed E-state index contributed by atoms with van der Waals surface area (Å²) in [6.07, 6.45) is 9.02. The fraction of sp³-hybridized carbons (Fsp3) is 0.350. The average Bonchev–Trinajstić information content (AvgIpc) is 3.20. The Bertz CT molecular complexity index is 953. The van der Waals surface area contributed by atoms with E-state index in [1.54, 1.807) is 29.2 Å². The molecule has 0 spiro atoms. The Labute approximate surface area is 150 Å². The van der Waals surface area contributed by atoms with Gasteiger partial charge in [-0.25, -0.2) is 13.9 Å². The Kier molecular flexibility index (Phi) is 3.51. The van der Waals surface area contributed by atoms with Crippen LogP contribution in [0, 0.1) is 5.82 Å². The van der Waals surface area contributed by atoms with Crippen LogP contribution in [0.4, 0.5) is 4.39 Å². The van der Waals surface area contributed by atoms with Crippen molar-refractivity contribution in [3.63, 3.8) is 0 Å². The molecule has 1 aromatic carbocycles. The molecule has 3 atom stereocenters. The normalized spacial score (nSPS) is 25.0. The minimum absolute atomic E-state index is 0.0313. The topological polar surface area (TPSA) is 50.5 Å². The molecule has 2 aromatic heterocycles. The molecule has 2 saturated heterocycles. The first-order valence-corrected chi connectivity index (χ1v) is 9.07. The molecule has 0 saturated carbocycles. The van der Waals surface area contributed by atoms with Gasteiger partial charge in [0.15, 0.2) is 5.65 Å². The van der Waals surface area contributed by atoms with E-state index in [9.17, 15) is 9.18 Å². The SMILES string of the molecule is O=C(c1cnn2cccnc12)N1[C@@H]2CC[C@H]1CC(c1ccc(F)cc1)C2. The molecule has 1 amide bonds. The van der Waals surface area contributed by atoms with Crippen LogP contribution < -0.4 is 0 Å². The van der Waals surface area contributed by atoms with Crippen LogP contribution in [0.3, 0.4) is 0 Å². The van der Waals surface area contributed by atoms with Crippen LogP contribution in [-0.4, -0.2) is 37.5 Å². The summed E-state index contributed by atoms with van der Waals surface area (Å²) < 4.78 is 14.8. The smallest absolute Gasteiger partial charge is 0.259 e. The standard InChI is InChI=1S/C20H19FN4O/c21-15-4-2-13(3-5-15)14-10-16-6-7-17(11-14)25(16)20(26)18-12-23-24-9-1-8-22-19(18)24/h1-5,8-9,12,14,16-17H,6-7,10-11H2/t14?,16-,17+. The highest BCUT2D eigenvalue weighted by Crippen LogP contribution is 2.43. The molecule has 26 heavy (non-hydrogen) atoms. The highest BCUT2D eigenvalue weighted by Gasteiger charge is 2.44. The number of fused-ring (bicyclic) bond motifs is 3. The second-order valence-corrected chi connectivity index (χ2v) is 7.26. The van der Waals surface area contributed by atoms with E-state index >= 15 is 0 Å². The summed E-state index contributed by atoms with van der Waals surface area (Å²) in [6.45, 7) is 0. The number of hydrogen-bond donors (Lipinski definition) is 0. The fourth-order valence-corrected chi connectivity index (χ4v) is 4.63. The number of halogens is 1. The Morgan fingerprint density at radius 1 is 1.12 bits per heavy atom. The van der Waals surface area contributed by atoms with E-state index in [0.29, 0.717) is 17.1 Å². The Balaban J connectivity index is 1.42. The zero-order valence-corrected chi connectivity index (χ0v) is 14.3. The van der Waals surface area contributed by atoms with Gasteiger partial charge in [-0.15, -0.1) is 0 Å². The molecule has 5 rings (SSSR count). The monoisotopic (exact) mass is 350 g/mol. The van der Waals surface area contributed by atoms with Crippen LogP contribution >= 0.6 is 0 Å². The van der Waals surface area contributed by atoms with E-state index < -0.39 is 0 Å². The number of rotatable bonds is 2. The molecule has 4 heterocycles. The molecule has 0 radical (unpaired) electrons. The van der Waals surface area contributed by atoms with Crippen LogP contribution in [0.1, 0.15) is 47.5 Å². The van der Waals surface area contributed by atoms with E-state index in [0.717, 1.165) is 25.7 Å². The summed E-state index contributed by atoms with van der Waals surface area (Å²) in [7, 11) is 0. The summed E-state index contributed by atoms with van der Waals surface area (Å²) in [5.74, 6) is 0.216. The van der Waals surface area contributed by atoms with Crippen molar-refractivity contribution < 1.29 is 9.18 Å². The molecular formula is C20H19FN4O. The molecule has 0 aliphatic carbocycles. The van der Waals surface area contributed by atoms with Gasteiger partial charge in [-0.2, -0.15) is 5.10 Å². The molecule has 6 heteroatoms. The van der Waals surface area contributed by atoms with Gasteiger partial charge >= 0.3 is 0 Å². The third kappa shape index (κ3) is 2.40. The minimum Gasteiger partial charge on any atom is -0.332 e. The summed E-state index contributed by atoms with van der Waals surface area (Å²) >= 11 is 0. The number of amides is 1. The Morgan fingerprint density at radius 3 is 2.58 bits per heavy atom. The fourth-order valence-electron chi connectivity index (χ4n) is 4.63.